The van der Waals surface area contributed by atoms with Crippen LogP contribution in [0.25, 0.3) is 0 Å². The van der Waals surface area contributed by atoms with Gasteiger partial charge in [0.15, 0.2) is 0 Å². The van der Waals surface area contributed by atoms with Crippen LogP contribution in [0.2, 0.25) is 5.02 Å². The van der Waals surface area contributed by atoms with Crippen LogP contribution in [0.15, 0.2) is 18.2 Å². The normalized spacial score (nSPS) is 20.1. The van der Waals surface area contributed by atoms with Gasteiger partial charge in [-0.15, -0.1) is 0 Å². The molecule has 0 aromatic heterocycles. The van der Waals surface area contributed by atoms with Crippen molar-refractivity contribution < 1.29 is 4.74 Å². The average Bonchev–Trinajstić information content (AvgIpc) is 2.97. The Bertz CT molecular complexity index is 421. The van der Waals surface area contributed by atoms with Crippen molar-refractivity contribution >= 4 is 23.4 Å². The topological polar surface area (TPSA) is 21.3 Å². The first-order valence-corrected chi connectivity index (χ1v) is 8.91. The summed E-state index contributed by atoms with van der Waals surface area (Å²) in [7, 11) is 1.73. The molecule has 0 spiro atoms. The summed E-state index contributed by atoms with van der Waals surface area (Å²) in [6.07, 6.45) is 3.48. The largest absolute Gasteiger partial charge is 0.496 e. The standard InChI is InChI=1S/C16H24ClNOS/c1-3-7-18-15(12-6-8-20-11-12)10-13-9-14(17)4-5-16(13)19-2/h4-5,9,12,15,18H,3,6-8,10-11H2,1-2H3. The molecule has 1 saturated heterocycles. The predicted octanol–water partition coefficient (Wildman–Crippen LogP) is 4.01. The first kappa shape index (κ1) is 16.0. The lowest BCUT2D eigenvalue weighted by molar-refractivity contribution is 0.367. The Labute approximate surface area is 131 Å². The summed E-state index contributed by atoms with van der Waals surface area (Å²) in [5, 5.41) is 4.51. The molecule has 2 rings (SSSR count). The molecule has 0 radical (unpaired) electrons. The molecular weight excluding hydrogens is 290 g/mol. The van der Waals surface area contributed by atoms with Gasteiger partial charge in [-0.05, 0) is 67.0 Å². The van der Waals surface area contributed by atoms with Crippen molar-refractivity contribution in [1.29, 1.82) is 0 Å². The fourth-order valence-electron chi connectivity index (χ4n) is 2.75. The molecule has 1 aliphatic rings. The van der Waals surface area contributed by atoms with Crippen LogP contribution in [0.1, 0.15) is 25.3 Å². The lowest BCUT2D eigenvalue weighted by Crippen LogP contribution is -2.38. The number of benzene rings is 1. The monoisotopic (exact) mass is 313 g/mol. The summed E-state index contributed by atoms with van der Waals surface area (Å²) in [6, 6.07) is 6.43. The van der Waals surface area contributed by atoms with Gasteiger partial charge in [-0.3, -0.25) is 0 Å². The Balaban J connectivity index is 2.11. The van der Waals surface area contributed by atoms with E-state index in [9.17, 15) is 0 Å². The van der Waals surface area contributed by atoms with Gasteiger partial charge in [-0.2, -0.15) is 11.8 Å². The maximum atomic E-state index is 6.14. The van der Waals surface area contributed by atoms with Gasteiger partial charge in [0.1, 0.15) is 5.75 Å². The lowest BCUT2D eigenvalue weighted by atomic mass is 9.92. The molecule has 4 heteroatoms. The molecule has 0 bridgehead atoms. The molecule has 2 nitrogen and oxygen atoms in total. The third kappa shape index (κ3) is 4.31. The van der Waals surface area contributed by atoms with Gasteiger partial charge in [0.25, 0.3) is 0 Å². The smallest absolute Gasteiger partial charge is 0.122 e. The predicted molar refractivity (Wildman–Crippen MR) is 89.2 cm³/mol. The summed E-state index contributed by atoms with van der Waals surface area (Å²) in [4.78, 5) is 0. The number of methoxy groups -OCH3 is 1. The van der Waals surface area contributed by atoms with E-state index < -0.39 is 0 Å². The van der Waals surface area contributed by atoms with Gasteiger partial charge in [-0.1, -0.05) is 18.5 Å². The van der Waals surface area contributed by atoms with E-state index in [2.05, 4.69) is 24.0 Å². The van der Waals surface area contributed by atoms with Crippen molar-refractivity contribution in [3.8, 4) is 5.75 Å². The Morgan fingerprint density at radius 3 is 3.00 bits per heavy atom. The first-order valence-electron chi connectivity index (χ1n) is 7.38. The molecule has 1 aromatic rings. The highest BCUT2D eigenvalue weighted by Gasteiger charge is 2.26. The molecule has 1 fully saturated rings. The summed E-state index contributed by atoms with van der Waals surface area (Å²) in [5.74, 6) is 4.27. The highest BCUT2D eigenvalue weighted by Crippen LogP contribution is 2.30. The molecule has 1 N–H and O–H groups in total. The van der Waals surface area contributed by atoms with Gasteiger partial charge in [0.05, 0.1) is 7.11 Å². The minimum atomic E-state index is 0.525. The van der Waals surface area contributed by atoms with Gasteiger partial charge in [0, 0.05) is 11.1 Å². The number of rotatable bonds is 7. The fraction of sp³-hybridized carbons (Fsp3) is 0.625. The molecule has 0 aliphatic carbocycles. The zero-order chi connectivity index (χ0) is 14.4. The van der Waals surface area contributed by atoms with Gasteiger partial charge >= 0.3 is 0 Å². The van der Waals surface area contributed by atoms with E-state index in [1.807, 2.05) is 18.2 Å². The Kier molecular flexibility index (Phi) is 6.53. The SMILES string of the molecule is CCCNC(Cc1cc(Cl)ccc1OC)C1CCSC1. The third-order valence-electron chi connectivity index (χ3n) is 3.87. The van der Waals surface area contributed by atoms with Crippen molar-refractivity contribution in [2.45, 2.75) is 32.2 Å². The Morgan fingerprint density at radius 2 is 2.35 bits per heavy atom. The van der Waals surface area contributed by atoms with Gasteiger partial charge in [-0.25, -0.2) is 0 Å². The molecular formula is C16H24ClNOS. The molecule has 112 valence electrons. The molecule has 0 saturated carbocycles. The van der Waals surface area contributed by atoms with Crippen LogP contribution < -0.4 is 10.1 Å². The van der Waals surface area contributed by atoms with Crippen molar-refractivity contribution in [3.63, 3.8) is 0 Å². The molecule has 1 aliphatic heterocycles. The molecule has 1 aromatic carbocycles. The van der Waals surface area contributed by atoms with Crippen molar-refractivity contribution in [3.05, 3.63) is 28.8 Å². The highest BCUT2D eigenvalue weighted by atomic mass is 35.5. The number of halogens is 1. The molecule has 2 atom stereocenters. The van der Waals surface area contributed by atoms with Crippen LogP contribution in [0.3, 0.4) is 0 Å². The first-order chi connectivity index (χ1) is 9.74. The van der Waals surface area contributed by atoms with Crippen molar-refractivity contribution in [2.75, 3.05) is 25.2 Å². The van der Waals surface area contributed by atoms with Crippen LogP contribution in [0.5, 0.6) is 5.75 Å². The van der Waals surface area contributed by atoms with Gasteiger partial charge in [0.2, 0.25) is 0 Å². The average molecular weight is 314 g/mol. The van der Waals surface area contributed by atoms with Crippen LogP contribution >= 0.6 is 23.4 Å². The Morgan fingerprint density at radius 1 is 1.50 bits per heavy atom. The van der Waals surface area contributed by atoms with Crippen LogP contribution in [0.4, 0.5) is 0 Å². The number of hydrogen-bond donors (Lipinski definition) is 1. The summed E-state index contributed by atoms with van der Waals surface area (Å²) in [6.45, 7) is 3.29. The molecule has 2 unspecified atom stereocenters. The molecule has 1 heterocycles. The zero-order valence-corrected chi connectivity index (χ0v) is 13.9. The summed E-state index contributed by atoms with van der Waals surface area (Å²) < 4.78 is 5.48. The third-order valence-corrected chi connectivity index (χ3v) is 5.30. The Hall–Kier alpha value is -0.380. The van der Waals surface area contributed by atoms with E-state index in [-0.39, 0.29) is 0 Å². The maximum Gasteiger partial charge on any atom is 0.122 e. The van der Waals surface area contributed by atoms with Crippen LogP contribution in [-0.2, 0) is 6.42 Å². The fourth-order valence-corrected chi connectivity index (χ4v) is 4.28. The maximum absolute atomic E-state index is 6.14. The van der Waals surface area contributed by atoms with Crippen molar-refractivity contribution in [1.82, 2.24) is 5.32 Å². The summed E-state index contributed by atoms with van der Waals surface area (Å²) in [5.41, 5.74) is 1.21. The van der Waals surface area contributed by atoms with E-state index >= 15 is 0 Å². The number of nitrogens with one attached hydrogen (secondary N) is 1. The van der Waals surface area contributed by atoms with Crippen molar-refractivity contribution in [2.24, 2.45) is 5.92 Å². The minimum absolute atomic E-state index is 0.525. The zero-order valence-electron chi connectivity index (χ0n) is 12.3. The lowest BCUT2D eigenvalue weighted by Gasteiger charge is -2.25. The number of thioether (sulfide) groups is 1. The quantitative estimate of drug-likeness (QED) is 0.821. The number of hydrogen-bond acceptors (Lipinski definition) is 3. The van der Waals surface area contributed by atoms with E-state index in [1.165, 1.54) is 29.9 Å². The minimum Gasteiger partial charge on any atom is -0.496 e. The second-order valence-corrected chi connectivity index (χ2v) is 6.93. The molecule has 20 heavy (non-hydrogen) atoms. The van der Waals surface area contributed by atoms with Crippen LogP contribution in [-0.4, -0.2) is 31.2 Å². The van der Waals surface area contributed by atoms with E-state index in [1.54, 1.807) is 7.11 Å². The summed E-state index contributed by atoms with van der Waals surface area (Å²) >= 11 is 8.21. The number of ether oxygens (including phenoxy) is 1. The highest BCUT2D eigenvalue weighted by molar-refractivity contribution is 7.99. The molecule has 0 amide bonds. The second-order valence-electron chi connectivity index (χ2n) is 5.34. The van der Waals surface area contributed by atoms with Gasteiger partial charge < -0.3 is 10.1 Å². The van der Waals surface area contributed by atoms with E-state index in [4.69, 9.17) is 16.3 Å². The van der Waals surface area contributed by atoms with E-state index in [0.717, 1.165) is 29.7 Å². The van der Waals surface area contributed by atoms with E-state index in [0.29, 0.717) is 6.04 Å². The second kappa shape index (κ2) is 8.16. The van der Waals surface area contributed by atoms with Crippen LogP contribution in [0, 0.1) is 5.92 Å².